The van der Waals surface area contributed by atoms with Crippen molar-refractivity contribution in [2.45, 2.75) is 33.2 Å². The van der Waals surface area contributed by atoms with Gasteiger partial charge in [0.15, 0.2) is 0 Å². The van der Waals surface area contributed by atoms with E-state index in [-0.39, 0.29) is 17.7 Å². The van der Waals surface area contributed by atoms with E-state index in [0.717, 1.165) is 37.5 Å². The summed E-state index contributed by atoms with van der Waals surface area (Å²) in [6.07, 6.45) is 5.42. The summed E-state index contributed by atoms with van der Waals surface area (Å²) in [7, 11) is 0. The van der Waals surface area contributed by atoms with Gasteiger partial charge in [-0.3, -0.25) is 4.79 Å². The van der Waals surface area contributed by atoms with E-state index < -0.39 is 5.97 Å². The fourth-order valence-electron chi connectivity index (χ4n) is 2.31. The summed E-state index contributed by atoms with van der Waals surface area (Å²) < 4.78 is 1.27. The van der Waals surface area contributed by atoms with Crippen LogP contribution in [0.2, 0.25) is 0 Å². The molecule has 0 amide bonds. The number of hydrogen-bond donors (Lipinski definition) is 1. The summed E-state index contributed by atoms with van der Waals surface area (Å²) in [4.78, 5) is 24.9. The number of carboxylic acid groups (broad SMARTS) is 1. The van der Waals surface area contributed by atoms with E-state index in [1.54, 1.807) is 12.3 Å². The molecule has 0 unspecified atom stereocenters. The molecule has 0 aliphatic carbocycles. The van der Waals surface area contributed by atoms with E-state index >= 15 is 0 Å². The highest BCUT2D eigenvalue weighted by molar-refractivity contribution is 5.85. The van der Waals surface area contributed by atoms with Crippen molar-refractivity contribution in [1.82, 2.24) is 9.78 Å². The van der Waals surface area contributed by atoms with Crippen molar-refractivity contribution in [3.8, 4) is 0 Å². The number of allylic oxidation sites excluding steroid dienone is 1. The lowest BCUT2D eigenvalue weighted by molar-refractivity contribution is -0.132. The van der Waals surface area contributed by atoms with Crippen LogP contribution in [0.4, 0.5) is 5.69 Å². The summed E-state index contributed by atoms with van der Waals surface area (Å²) in [5.41, 5.74) is 0.848. The molecule has 0 saturated carbocycles. The molecule has 1 aliphatic rings. The summed E-state index contributed by atoms with van der Waals surface area (Å²) >= 11 is 0. The molecule has 2 rings (SSSR count). The zero-order chi connectivity index (χ0) is 15.4. The molecule has 1 aromatic rings. The van der Waals surface area contributed by atoms with Crippen LogP contribution in [0.3, 0.4) is 0 Å². The van der Waals surface area contributed by atoms with Crippen molar-refractivity contribution in [3.63, 3.8) is 0 Å². The van der Waals surface area contributed by atoms with Gasteiger partial charge in [0.05, 0.1) is 18.4 Å². The van der Waals surface area contributed by atoms with Crippen molar-refractivity contribution < 1.29 is 9.90 Å². The number of nitrogens with zero attached hydrogens (tertiary/aromatic N) is 3. The summed E-state index contributed by atoms with van der Waals surface area (Å²) in [6, 6.07) is 1.58. The molecule has 114 valence electrons. The number of carboxylic acids is 1. The van der Waals surface area contributed by atoms with Gasteiger partial charge in [0.1, 0.15) is 0 Å². The van der Waals surface area contributed by atoms with E-state index in [2.05, 4.69) is 16.9 Å². The molecule has 0 bridgehead atoms. The van der Waals surface area contributed by atoms with Crippen LogP contribution in [0.5, 0.6) is 0 Å². The predicted molar refractivity (Wildman–Crippen MR) is 80.5 cm³/mol. The number of anilines is 1. The Morgan fingerprint density at radius 3 is 2.71 bits per heavy atom. The Kier molecular flexibility index (Phi) is 4.77. The second-order valence-corrected chi connectivity index (χ2v) is 5.60. The molecule has 1 aromatic heterocycles. The van der Waals surface area contributed by atoms with E-state index in [0.29, 0.717) is 0 Å². The Hall–Kier alpha value is -2.11. The van der Waals surface area contributed by atoms with Gasteiger partial charge < -0.3 is 10.0 Å². The maximum Gasteiger partial charge on any atom is 0.331 e. The number of aromatic nitrogens is 2. The average molecular weight is 291 g/mol. The van der Waals surface area contributed by atoms with E-state index in [4.69, 9.17) is 5.11 Å². The minimum atomic E-state index is -0.984. The molecule has 0 aromatic carbocycles. The van der Waals surface area contributed by atoms with Crippen LogP contribution < -0.4 is 10.5 Å². The second kappa shape index (κ2) is 6.56. The van der Waals surface area contributed by atoms with Gasteiger partial charge in [-0.05, 0) is 25.7 Å². The van der Waals surface area contributed by atoms with Crippen molar-refractivity contribution in [3.05, 3.63) is 34.3 Å². The molecule has 2 heterocycles. The summed E-state index contributed by atoms with van der Waals surface area (Å²) in [5, 5.41) is 12.9. The first kappa shape index (κ1) is 15.3. The van der Waals surface area contributed by atoms with Gasteiger partial charge in [-0.15, -0.1) is 0 Å². The lowest BCUT2D eigenvalue weighted by Crippen LogP contribution is -2.34. The van der Waals surface area contributed by atoms with Gasteiger partial charge in [-0.1, -0.05) is 13.0 Å². The molecule has 1 N–H and O–H groups in total. The molecule has 0 atom stereocenters. The van der Waals surface area contributed by atoms with Crippen molar-refractivity contribution in [2.24, 2.45) is 5.92 Å². The SMILES string of the molecule is C/C(=C/Cn1ncc(N2CCC(C)CC2)cc1=O)C(=O)O. The van der Waals surface area contributed by atoms with Gasteiger partial charge in [-0.2, -0.15) is 5.10 Å². The van der Waals surface area contributed by atoms with Crippen LogP contribution in [-0.4, -0.2) is 33.9 Å². The van der Waals surface area contributed by atoms with E-state index in [1.165, 1.54) is 17.7 Å². The van der Waals surface area contributed by atoms with Crippen LogP contribution in [0.25, 0.3) is 0 Å². The zero-order valence-electron chi connectivity index (χ0n) is 12.5. The number of carbonyl (C=O) groups is 1. The average Bonchev–Trinajstić information content (AvgIpc) is 2.46. The first-order valence-corrected chi connectivity index (χ1v) is 7.19. The zero-order valence-corrected chi connectivity index (χ0v) is 12.5. The maximum atomic E-state index is 12.0. The third-order valence-corrected chi connectivity index (χ3v) is 3.91. The third kappa shape index (κ3) is 3.93. The normalized spacial score (nSPS) is 17.0. The quantitative estimate of drug-likeness (QED) is 0.851. The molecule has 1 aliphatic heterocycles. The second-order valence-electron chi connectivity index (χ2n) is 5.60. The summed E-state index contributed by atoms with van der Waals surface area (Å²) in [6.45, 7) is 5.81. The molecular formula is C15H21N3O3. The minimum Gasteiger partial charge on any atom is -0.478 e. The molecule has 1 saturated heterocycles. The highest BCUT2D eigenvalue weighted by atomic mass is 16.4. The molecule has 6 heteroatoms. The van der Waals surface area contributed by atoms with Gasteiger partial charge >= 0.3 is 5.97 Å². The van der Waals surface area contributed by atoms with Gasteiger partial charge in [0.2, 0.25) is 0 Å². The molecule has 0 radical (unpaired) electrons. The summed E-state index contributed by atoms with van der Waals surface area (Å²) in [5.74, 6) is -0.249. The van der Waals surface area contributed by atoms with Crippen molar-refractivity contribution >= 4 is 11.7 Å². The molecular weight excluding hydrogens is 270 g/mol. The van der Waals surface area contributed by atoms with Crippen molar-refractivity contribution in [1.29, 1.82) is 0 Å². The Morgan fingerprint density at radius 2 is 2.14 bits per heavy atom. The molecule has 0 spiro atoms. The van der Waals surface area contributed by atoms with Crippen LogP contribution in [0.1, 0.15) is 26.7 Å². The lowest BCUT2D eigenvalue weighted by Gasteiger charge is -2.31. The number of aliphatic carboxylic acids is 1. The first-order valence-electron chi connectivity index (χ1n) is 7.19. The highest BCUT2D eigenvalue weighted by Crippen LogP contribution is 2.20. The Labute approximate surface area is 123 Å². The van der Waals surface area contributed by atoms with E-state index in [9.17, 15) is 9.59 Å². The smallest absolute Gasteiger partial charge is 0.331 e. The van der Waals surface area contributed by atoms with Crippen molar-refractivity contribution in [2.75, 3.05) is 18.0 Å². The Bertz CT molecular complexity index is 598. The number of piperidine rings is 1. The molecule has 6 nitrogen and oxygen atoms in total. The monoisotopic (exact) mass is 291 g/mol. The predicted octanol–water partition coefficient (Wildman–Crippen LogP) is 1.51. The van der Waals surface area contributed by atoms with Crippen LogP contribution in [0, 0.1) is 5.92 Å². The topological polar surface area (TPSA) is 75.4 Å². The lowest BCUT2D eigenvalue weighted by atomic mass is 9.99. The molecule has 21 heavy (non-hydrogen) atoms. The fourth-order valence-corrected chi connectivity index (χ4v) is 2.31. The highest BCUT2D eigenvalue weighted by Gasteiger charge is 2.16. The Morgan fingerprint density at radius 1 is 1.48 bits per heavy atom. The standard InChI is InChI=1S/C15H21N3O3/c1-11-3-6-17(7-4-11)13-9-14(19)18(16-10-13)8-5-12(2)15(20)21/h5,9-11H,3-4,6-8H2,1-2H3,(H,20,21)/b12-5-. The third-order valence-electron chi connectivity index (χ3n) is 3.91. The van der Waals surface area contributed by atoms with Crippen LogP contribution in [-0.2, 0) is 11.3 Å². The van der Waals surface area contributed by atoms with E-state index in [1.807, 2.05) is 0 Å². The number of hydrogen-bond acceptors (Lipinski definition) is 4. The fraction of sp³-hybridized carbons (Fsp3) is 0.533. The van der Waals surface area contributed by atoms with Gasteiger partial charge in [0.25, 0.3) is 5.56 Å². The largest absolute Gasteiger partial charge is 0.478 e. The minimum absolute atomic E-state index is 0.175. The first-order chi connectivity index (χ1) is 9.97. The Balaban J connectivity index is 2.09. The van der Waals surface area contributed by atoms with Gasteiger partial charge in [0, 0.05) is 24.7 Å². The number of rotatable bonds is 4. The maximum absolute atomic E-state index is 12.0. The van der Waals surface area contributed by atoms with Crippen LogP contribution in [0.15, 0.2) is 28.7 Å². The molecule has 1 fully saturated rings. The van der Waals surface area contributed by atoms with Crippen LogP contribution >= 0.6 is 0 Å². The van der Waals surface area contributed by atoms with Gasteiger partial charge in [-0.25, -0.2) is 9.48 Å².